The number of hydrogen-bond donors (Lipinski definition) is 0. The van der Waals surface area contributed by atoms with Crippen molar-refractivity contribution >= 4 is 21.8 Å². The van der Waals surface area contributed by atoms with Gasteiger partial charge in [-0.05, 0) is 23.8 Å². The highest BCUT2D eigenvalue weighted by atomic mass is 79.9. The lowest BCUT2D eigenvalue weighted by Crippen LogP contribution is -2.49. The Morgan fingerprint density at radius 2 is 2.05 bits per heavy atom. The van der Waals surface area contributed by atoms with E-state index < -0.39 is 0 Å². The van der Waals surface area contributed by atoms with Crippen LogP contribution >= 0.6 is 15.9 Å². The summed E-state index contributed by atoms with van der Waals surface area (Å²) >= 11 is 3.46. The Morgan fingerprint density at radius 1 is 1.25 bits per heavy atom. The number of fused-ring (bicyclic) bond motifs is 1. The molecule has 1 saturated heterocycles. The van der Waals surface area contributed by atoms with Gasteiger partial charge in [0.2, 0.25) is 0 Å². The zero-order chi connectivity index (χ0) is 13.9. The highest BCUT2D eigenvalue weighted by Crippen LogP contribution is 2.26. The maximum atomic E-state index is 12.5. The van der Waals surface area contributed by atoms with Crippen LogP contribution in [0.15, 0.2) is 18.2 Å². The van der Waals surface area contributed by atoms with Crippen molar-refractivity contribution in [2.75, 3.05) is 44.7 Å². The van der Waals surface area contributed by atoms with Crippen molar-refractivity contribution in [2.24, 2.45) is 0 Å². The van der Waals surface area contributed by atoms with Crippen molar-refractivity contribution in [1.29, 1.82) is 0 Å². The third-order valence-corrected chi connectivity index (χ3v) is 4.35. The molecule has 1 amide bonds. The van der Waals surface area contributed by atoms with Gasteiger partial charge in [0.05, 0.1) is 6.61 Å². The topological polar surface area (TPSA) is 32.8 Å². The van der Waals surface area contributed by atoms with E-state index in [1.807, 2.05) is 23.1 Å². The highest BCUT2D eigenvalue weighted by molar-refractivity contribution is 9.09. The number of carbonyl (C=O) groups excluding carboxylic acids is 1. The predicted molar refractivity (Wildman–Crippen MR) is 81.8 cm³/mol. The van der Waals surface area contributed by atoms with Crippen LogP contribution in [0.3, 0.4) is 0 Å². The van der Waals surface area contributed by atoms with E-state index in [-0.39, 0.29) is 5.91 Å². The summed E-state index contributed by atoms with van der Waals surface area (Å²) in [5.74, 6) is 1.09. The van der Waals surface area contributed by atoms with E-state index in [4.69, 9.17) is 4.74 Å². The number of nitrogens with zero attached hydrogens (tertiary/aromatic N) is 2. The zero-order valence-corrected chi connectivity index (χ0v) is 13.1. The fourth-order valence-corrected chi connectivity index (χ4v) is 3.30. The van der Waals surface area contributed by atoms with Crippen LogP contribution in [0.4, 0.5) is 0 Å². The summed E-state index contributed by atoms with van der Waals surface area (Å²) in [6.45, 7) is 5.35. The smallest absolute Gasteiger partial charge is 0.253 e. The van der Waals surface area contributed by atoms with Crippen LogP contribution < -0.4 is 4.74 Å². The van der Waals surface area contributed by atoms with Gasteiger partial charge >= 0.3 is 0 Å². The zero-order valence-electron chi connectivity index (χ0n) is 11.5. The first-order valence-electron chi connectivity index (χ1n) is 7.11. The molecule has 0 aliphatic carbocycles. The van der Waals surface area contributed by atoms with Crippen LogP contribution in [0.25, 0.3) is 0 Å². The van der Waals surface area contributed by atoms with E-state index in [0.29, 0.717) is 0 Å². The minimum Gasteiger partial charge on any atom is -0.493 e. The van der Waals surface area contributed by atoms with Crippen molar-refractivity contribution in [2.45, 2.75) is 6.42 Å². The van der Waals surface area contributed by atoms with Gasteiger partial charge in [0.25, 0.3) is 5.91 Å². The minimum atomic E-state index is 0.151. The Labute approximate surface area is 127 Å². The first kappa shape index (κ1) is 13.9. The number of amides is 1. The Bertz CT molecular complexity index is 499. The second kappa shape index (κ2) is 6.14. The lowest BCUT2D eigenvalue weighted by Gasteiger charge is -2.34. The molecule has 0 radical (unpaired) electrons. The van der Waals surface area contributed by atoms with E-state index in [2.05, 4.69) is 20.8 Å². The van der Waals surface area contributed by atoms with Gasteiger partial charge in [-0.2, -0.15) is 0 Å². The molecule has 4 nitrogen and oxygen atoms in total. The summed E-state index contributed by atoms with van der Waals surface area (Å²) in [5.41, 5.74) is 1.96. The van der Waals surface area contributed by atoms with E-state index in [0.717, 1.165) is 68.0 Å². The van der Waals surface area contributed by atoms with Crippen LogP contribution in [0, 0.1) is 0 Å². The molecule has 1 aromatic rings. The molecule has 2 aliphatic rings. The van der Waals surface area contributed by atoms with Crippen LogP contribution in [-0.2, 0) is 6.42 Å². The number of hydrogen-bond acceptors (Lipinski definition) is 3. The number of rotatable bonds is 3. The van der Waals surface area contributed by atoms with Gasteiger partial charge in [0.1, 0.15) is 5.75 Å². The number of halogens is 1. The molecule has 0 saturated carbocycles. The van der Waals surface area contributed by atoms with E-state index in [9.17, 15) is 4.79 Å². The fourth-order valence-electron chi connectivity index (χ4n) is 2.80. The maximum Gasteiger partial charge on any atom is 0.253 e. The van der Waals surface area contributed by atoms with E-state index in [1.54, 1.807) is 0 Å². The Balaban J connectivity index is 1.65. The minimum absolute atomic E-state index is 0.151. The monoisotopic (exact) mass is 338 g/mol. The predicted octanol–water partition coefficient (Wildman–Crippen LogP) is 1.77. The lowest BCUT2D eigenvalue weighted by molar-refractivity contribution is 0.0645. The molecule has 0 aromatic heterocycles. The average Bonchev–Trinajstić information content (AvgIpc) is 2.95. The summed E-state index contributed by atoms with van der Waals surface area (Å²) in [6, 6.07) is 5.81. The molecule has 0 N–H and O–H groups in total. The van der Waals surface area contributed by atoms with Crippen molar-refractivity contribution < 1.29 is 9.53 Å². The maximum absolute atomic E-state index is 12.5. The third-order valence-electron chi connectivity index (χ3n) is 4.00. The van der Waals surface area contributed by atoms with Crippen LogP contribution in [-0.4, -0.2) is 60.4 Å². The molecule has 1 fully saturated rings. The molecule has 20 heavy (non-hydrogen) atoms. The van der Waals surface area contributed by atoms with Crippen molar-refractivity contribution in [3.05, 3.63) is 29.3 Å². The van der Waals surface area contributed by atoms with Gasteiger partial charge in [-0.1, -0.05) is 15.9 Å². The molecule has 2 aliphatic heterocycles. The summed E-state index contributed by atoms with van der Waals surface area (Å²) in [4.78, 5) is 16.9. The largest absolute Gasteiger partial charge is 0.493 e. The molecule has 0 atom stereocenters. The van der Waals surface area contributed by atoms with Gasteiger partial charge in [-0.25, -0.2) is 0 Å². The van der Waals surface area contributed by atoms with Crippen LogP contribution in [0.5, 0.6) is 5.75 Å². The quantitative estimate of drug-likeness (QED) is 0.787. The lowest BCUT2D eigenvalue weighted by atomic mass is 10.1. The normalized spacial score (nSPS) is 18.8. The van der Waals surface area contributed by atoms with Crippen LogP contribution in [0.1, 0.15) is 15.9 Å². The summed E-state index contributed by atoms with van der Waals surface area (Å²) in [5, 5.41) is 0.992. The molecule has 2 heterocycles. The second-order valence-corrected chi connectivity index (χ2v) is 6.04. The standard InChI is InChI=1S/C15H19BrN2O2/c16-4-5-17-6-8-18(9-7-17)15(19)13-1-2-14-12(11-13)3-10-20-14/h1-2,11H,3-10H2. The number of piperazine rings is 1. The van der Waals surface area contributed by atoms with Gasteiger partial charge in [-0.15, -0.1) is 0 Å². The summed E-state index contributed by atoms with van der Waals surface area (Å²) in [6.07, 6.45) is 0.912. The number of carbonyl (C=O) groups is 1. The molecule has 0 spiro atoms. The molecule has 0 bridgehead atoms. The summed E-state index contributed by atoms with van der Waals surface area (Å²) < 4.78 is 5.48. The molecule has 0 unspecified atom stereocenters. The molecular formula is C15H19BrN2O2. The first-order chi connectivity index (χ1) is 9.78. The molecule has 108 valence electrons. The highest BCUT2D eigenvalue weighted by Gasteiger charge is 2.23. The van der Waals surface area contributed by atoms with Gasteiger partial charge in [-0.3, -0.25) is 9.69 Å². The van der Waals surface area contributed by atoms with Gasteiger partial charge in [0, 0.05) is 50.0 Å². The molecule has 5 heteroatoms. The Morgan fingerprint density at radius 3 is 2.80 bits per heavy atom. The number of benzene rings is 1. The molecule has 3 rings (SSSR count). The number of ether oxygens (including phenoxy) is 1. The van der Waals surface area contributed by atoms with Gasteiger partial charge < -0.3 is 9.64 Å². The third kappa shape index (κ3) is 2.83. The SMILES string of the molecule is O=C(c1ccc2c(c1)CCO2)N1CCN(CCBr)CC1. The number of alkyl halides is 1. The van der Waals surface area contributed by atoms with Crippen molar-refractivity contribution in [1.82, 2.24) is 9.80 Å². The summed E-state index contributed by atoms with van der Waals surface area (Å²) in [7, 11) is 0. The van der Waals surface area contributed by atoms with Gasteiger partial charge in [0.15, 0.2) is 0 Å². The average molecular weight is 339 g/mol. The second-order valence-electron chi connectivity index (χ2n) is 5.24. The Kier molecular flexibility index (Phi) is 4.27. The van der Waals surface area contributed by atoms with Crippen LogP contribution in [0.2, 0.25) is 0 Å². The van der Waals surface area contributed by atoms with Crippen molar-refractivity contribution in [3.63, 3.8) is 0 Å². The molecule has 1 aromatic carbocycles. The first-order valence-corrected chi connectivity index (χ1v) is 8.23. The van der Waals surface area contributed by atoms with E-state index >= 15 is 0 Å². The van der Waals surface area contributed by atoms with E-state index in [1.165, 1.54) is 0 Å². The fraction of sp³-hybridized carbons (Fsp3) is 0.533. The molecular weight excluding hydrogens is 320 g/mol. The Hall–Kier alpha value is -1.07. The van der Waals surface area contributed by atoms with Crippen molar-refractivity contribution in [3.8, 4) is 5.75 Å².